The minimum Gasteiger partial charge on any atom is -0.395 e. The van der Waals surface area contributed by atoms with E-state index < -0.39 is 17.7 Å². The first-order chi connectivity index (χ1) is 11.6. The molecule has 0 aliphatic heterocycles. The van der Waals surface area contributed by atoms with Gasteiger partial charge in [-0.1, -0.05) is 12.1 Å². The van der Waals surface area contributed by atoms with Gasteiger partial charge in [0, 0.05) is 12.1 Å². The predicted molar refractivity (Wildman–Crippen MR) is 86.6 cm³/mol. The number of halogens is 2. The van der Waals surface area contributed by atoms with Crippen molar-refractivity contribution >= 4 is 17.0 Å². The molecular weight excluding hydrogens is 316 g/mol. The van der Waals surface area contributed by atoms with Crippen LogP contribution in [0.1, 0.15) is 11.7 Å². The zero-order chi connectivity index (χ0) is 17.1. The maximum atomic E-state index is 13.9. The molecule has 3 rings (SSSR count). The SMILES string of the molecule is OCCNc1nc2ccccc2n1C[C@@H](O)c1cc(F)ccc1F. The Morgan fingerprint density at radius 2 is 1.96 bits per heavy atom. The first kappa shape index (κ1) is 16.4. The summed E-state index contributed by atoms with van der Waals surface area (Å²) >= 11 is 0. The van der Waals surface area contributed by atoms with E-state index in [0.29, 0.717) is 11.5 Å². The van der Waals surface area contributed by atoms with E-state index in [4.69, 9.17) is 5.11 Å². The predicted octanol–water partition coefficient (Wildman–Crippen LogP) is 2.45. The second kappa shape index (κ2) is 6.94. The summed E-state index contributed by atoms with van der Waals surface area (Å²) in [4.78, 5) is 4.40. The van der Waals surface area contributed by atoms with Crippen molar-refractivity contribution in [3.8, 4) is 0 Å². The summed E-state index contributed by atoms with van der Waals surface area (Å²) < 4.78 is 28.9. The molecule has 24 heavy (non-hydrogen) atoms. The molecule has 0 aliphatic rings. The zero-order valence-electron chi connectivity index (χ0n) is 12.8. The molecule has 0 spiro atoms. The van der Waals surface area contributed by atoms with Crippen molar-refractivity contribution in [3.63, 3.8) is 0 Å². The summed E-state index contributed by atoms with van der Waals surface area (Å²) in [6, 6.07) is 10.3. The van der Waals surface area contributed by atoms with Crippen molar-refractivity contribution in [1.82, 2.24) is 9.55 Å². The number of nitrogens with one attached hydrogen (secondary N) is 1. The number of aliphatic hydroxyl groups excluding tert-OH is 2. The highest BCUT2D eigenvalue weighted by atomic mass is 19.1. The molecule has 0 aliphatic carbocycles. The Kier molecular flexibility index (Phi) is 4.73. The molecule has 0 saturated heterocycles. The van der Waals surface area contributed by atoms with Gasteiger partial charge >= 0.3 is 0 Å². The van der Waals surface area contributed by atoms with Crippen LogP contribution in [0, 0.1) is 11.6 Å². The molecule has 1 heterocycles. The van der Waals surface area contributed by atoms with Gasteiger partial charge in [-0.3, -0.25) is 0 Å². The summed E-state index contributed by atoms with van der Waals surface area (Å²) in [6.07, 6.45) is -1.24. The molecule has 2 aromatic carbocycles. The van der Waals surface area contributed by atoms with Crippen LogP contribution < -0.4 is 5.32 Å². The maximum Gasteiger partial charge on any atom is 0.204 e. The molecule has 0 unspecified atom stereocenters. The molecule has 0 bridgehead atoms. The number of aromatic nitrogens is 2. The molecule has 0 amide bonds. The van der Waals surface area contributed by atoms with Crippen LogP contribution >= 0.6 is 0 Å². The summed E-state index contributed by atoms with van der Waals surface area (Å²) in [6.45, 7) is 0.201. The largest absolute Gasteiger partial charge is 0.395 e. The van der Waals surface area contributed by atoms with Crippen LogP contribution in [0.5, 0.6) is 0 Å². The normalized spacial score (nSPS) is 12.5. The third-order valence-corrected chi connectivity index (χ3v) is 3.72. The number of fused-ring (bicyclic) bond motifs is 1. The van der Waals surface area contributed by atoms with Crippen LogP contribution in [0.3, 0.4) is 0 Å². The van der Waals surface area contributed by atoms with E-state index >= 15 is 0 Å². The Hall–Kier alpha value is -2.51. The highest BCUT2D eigenvalue weighted by Crippen LogP contribution is 2.25. The summed E-state index contributed by atoms with van der Waals surface area (Å²) in [5, 5.41) is 22.3. The lowest BCUT2D eigenvalue weighted by atomic mass is 10.1. The standard InChI is InChI=1S/C17H17F2N3O2/c18-11-5-6-13(19)12(9-11)16(24)10-22-15-4-2-1-3-14(15)21-17(22)20-7-8-23/h1-6,9,16,23-24H,7-8,10H2,(H,20,21)/t16-/m1/s1. The molecule has 0 radical (unpaired) electrons. The van der Waals surface area contributed by atoms with Crippen LogP contribution in [-0.4, -0.2) is 32.9 Å². The molecule has 7 heteroatoms. The Morgan fingerprint density at radius 3 is 2.75 bits per heavy atom. The monoisotopic (exact) mass is 333 g/mol. The van der Waals surface area contributed by atoms with Gasteiger partial charge in [0.15, 0.2) is 0 Å². The topological polar surface area (TPSA) is 70.3 Å². The lowest BCUT2D eigenvalue weighted by molar-refractivity contribution is 0.153. The summed E-state index contributed by atoms with van der Waals surface area (Å²) in [5.74, 6) is -0.834. The van der Waals surface area contributed by atoms with Crippen molar-refractivity contribution in [3.05, 3.63) is 59.7 Å². The van der Waals surface area contributed by atoms with Crippen LogP contribution in [0.15, 0.2) is 42.5 Å². The van der Waals surface area contributed by atoms with Gasteiger partial charge in [0.05, 0.1) is 30.3 Å². The minimum absolute atomic E-state index is 0.00531. The van der Waals surface area contributed by atoms with E-state index in [9.17, 15) is 13.9 Å². The van der Waals surface area contributed by atoms with Crippen molar-refractivity contribution in [2.45, 2.75) is 12.6 Å². The van der Waals surface area contributed by atoms with E-state index in [1.54, 1.807) is 4.57 Å². The number of aliphatic hydroxyl groups is 2. The fourth-order valence-electron chi connectivity index (χ4n) is 2.60. The Labute approximate surface area is 137 Å². The van der Waals surface area contributed by atoms with Crippen molar-refractivity contribution in [2.24, 2.45) is 0 Å². The number of anilines is 1. The third-order valence-electron chi connectivity index (χ3n) is 3.72. The highest BCUT2D eigenvalue weighted by molar-refractivity contribution is 5.78. The van der Waals surface area contributed by atoms with Crippen molar-refractivity contribution in [1.29, 1.82) is 0 Å². The minimum atomic E-state index is -1.24. The van der Waals surface area contributed by atoms with Crippen LogP contribution in [0.4, 0.5) is 14.7 Å². The molecule has 0 fully saturated rings. The van der Waals surface area contributed by atoms with Gasteiger partial charge in [-0.15, -0.1) is 0 Å². The second-order valence-electron chi connectivity index (χ2n) is 5.37. The number of benzene rings is 2. The average Bonchev–Trinajstić information content (AvgIpc) is 2.93. The van der Waals surface area contributed by atoms with E-state index in [1.165, 1.54) is 0 Å². The number of nitrogens with zero attached hydrogens (tertiary/aromatic N) is 2. The Morgan fingerprint density at radius 1 is 1.17 bits per heavy atom. The molecule has 5 nitrogen and oxygen atoms in total. The van der Waals surface area contributed by atoms with E-state index in [1.807, 2.05) is 24.3 Å². The average molecular weight is 333 g/mol. The molecule has 0 saturated carbocycles. The Balaban J connectivity index is 1.97. The van der Waals surface area contributed by atoms with Crippen LogP contribution in [-0.2, 0) is 6.54 Å². The van der Waals surface area contributed by atoms with Crippen molar-refractivity contribution < 1.29 is 19.0 Å². The smallest absolute Gasteiger partial charge is 0.204 e. The van der Waals surface area contributed by atoms with Gasteiger partial charge in [-0.2, -0.15) is 0 Å². The number of rotatable bonds is 6. The quantitative estimate of drug-likeness (QED) is 0.648. The number of hydrogen-bond acceptors (Lipinski definition) is 4. The maximum absolute atomic E-state index is 13.9. The third kappa shape index (κ3) is 3.22. The molecule has 1 aromatic heterocycles. The van der Waals surface area contributed by atoms with Gasteiger partial charge < -0.3 is 20.1 Å². The van der Waals surface area contributed by atoms with Gasteiger partial charge in [0.2, 0.25) is 5.95 Å². The number of para-hydroxylation sites is 2. The fourth-order valence-corrected chi connectivity index (χ4v) is 2.60. The zero-order valence-corrected chi connectivity index (χ0v) is 12.8. The van der Waals surface area contributed by atoms with E-state index in [2.05, 4.69) is 10.3 Å². The lowest BCUT2D eigenvalue weighted by Gasteiger charge is -2.16. The van der Waals surface area contributed by atoms with E-state index in [-0.39, 0.29) is 25.3 Å². The lowest BCUT2D eigenvalue weighted by Crippen LogP contribution is -2.15. The fraction of sp³-hybridized carbons (Fsp3) is 0.235. The first-order valence-electron chi connectivity index (χ1n) is 7.53. The van der Waals surface area contributed by atoms with Gasteiger partial charge in [0.1, 0.15) is 11.6 Å². The van der Waals surface area contributed by atoms with Crippen LogP contribution in [0.25, 0.3) is 11.0 Å². The van der Waals surface area contributed by atoms with Gasteiger partial charge in [-0.25, -0.2) is 13.8 Å². The number of hydrogen-bond donors (Lipinski definition) is 3. The van der Waals surface area contributed by atoms with Crippen molar-refractivity contribution in [2.75, 3.05) is 18.5 Å². The molecule has 126 valence electrons. The van der Waals surface area contributed by atoms with Gasteiger partial charge in [-0.05, 0) is 30.3 Å². The summed E-state index contributed by atoms with van der Waals surface area (Å²) in [7, 11) is 0. The number of imidazole rings is 1. The highest BCUT2D eigenvalue weighted by Gasteiger charge is 2.18. The molecule has 3 N–H and O–H groups in total. The molecule has 1 atom stereocenters. The molecule has 3 aromatic rings. The van der Waals surface area contributed by atoms with Gasteiger partial charge in [0.25, 0.3) is 0 Å². The second-order valence-corrected chi connectivity index (χ2v) is 5.37. The molecular formula is C17H17F2N3O2. The van der Waals surface area contributed by atoms with E-state index in [0.717, 1.165) is 23.7 Å². The first-order valence-corrected chi connectivity index (χ1v) is 7.53. The Bertz CT molecular complexity index is 851. The van der Waals surface area contributed by atoms with Crippen LogP contribution in [0.2, 0.25) is 0 Å². The summed E-state index contributed by atoms with van der Waals surface area (Å²) in [5.41, 5.74) is 1.33.